The van der Waals surface area contributed by atoms with Gasteiger partial charge in [-0.1, -0.05) is 0 Å². The Kier molecular flexibility index (Phi) is 3.12. The van der Waals surface area contributed by atoms with Gasteiger partial charge in [0.15, 0.2) is 0 Å². The molecule has 1 aromatic rings. The normalized spacial score (nSPS) is 26.1. The predicted molar refractivity (Wildman–Crippen MR) is 77.7 cm³/mol. The number of carbonyl (C=O) groups is 1. The van der Waals surface area contributed by atoms with Gasteiger partial charge in [-0.05, 0) is 39.5 Å². The highest BCUT2D eigenvalue weighted by Gasteiger charge is 2.39. The Hall–Kier alpha value is -1.36. The molecule has 2 atom stereocenters. The van der Waals surface area contributed by atoms with E-state index in [-0.39, 0.29) is 11.4 Å². The van der Waals surface area contributed by atoms with Crippen molar-refractivity contribution in [2.24, 2.45) is 11.8 Å². The maximum atomic E-state index is 12.7. The first-order valence-electron chi connectivity index (χ1n) is 7.43. The Morgan fingerprint density at radius 2 is 1.90 bits per heavy atom. The van der Waals surface area contributed by atoms with Crippen molar-refractivity contribution >= 4 is 5.91 Å². The summed E-state index contributed by atoms with van der Waals surface area (Å²) in [5.74, 6) is 1.42. The maximum Gasteiger partial charge on any atom is 0.257 e. The van der Waals surface area contributed by atoms with Gasteiger partial charge in [-0.25, -0.2) is 0 Å². The van der Waals surface area contributed by atoms with Crippen LogP contribution in [-0.4, -0.2) is 46.8 Å². The number of hydrogen-bond donors (Lipinski definition) is 1. The Balaban J connectivity index is 1.80. The van der Waals surface area contributed by atoms with Gasteiger partial charge in [-0.3, -0.25) is 9.48 Å². The van der Waals surface area contributed by atoms with Crippen molar-refractivity contribution in [3.8, 4) is 0 Å². The van der Waals surface area contributed by atoms with Crippen molar-refractivity contribution in [3.63, 3.8) is 0 Å². The first-order valence-corrected chi connectivity index (χ1v) is 7.43. The molecule has 2 aliphatic rings. The molecule has 0 saturated carbocycles. The molecular weight excluding hydrogens is 252 g/mol. The van der Waals surface area contributed by atoms with E-state index >= 15 is 0 Å². The molecule has 5 heteroatoms. The average molecular weight is 276 g/mol. The number of rotatable bonds is 1. The van der Waals surface area contributed by atoms with Crippen LogP contribution in [-0.2, 0) is 5.54 Å². The predicted octanol–water partition coefficient (Wildman–Crippen LogP) is 1.24. The van der Waals surface area contributed by atoms with Crippen LogP contribution in [0, 0.1) is 18.8 Å². The molecule has 0 bridgehead atoms. The Morgan fingerprint density at radius 3 is 2.40 bits per heavy atom. The fourth-order valence-electron chi connectivity index (χ4n) is 3.49. The SMILES string of the molecule is Cc1c(C(=O)N2C[C@H]3CNC[C@H]3C2)cnn1C(C)(C)C. The zero-order chi connectivity index (χ0) is 14.5. The van der Waals surface area contributed by atoms with E-state index in [0.29, 0.717) is 11.8 Å². The highest BCUT2D eigenvalue weighted by atomic mass is 16.2. The molecule has 1 amide bonds. The summed E-state index contributed by atoms with van der Waals surface area (Å²) in [7, 11) is 0. The van der Waals surface area contributed by atoms with Crippen LogP contribution in [0.2, 0.25) is 0 Å². The highest BCUT2D eigenvalue weighted by Crippen LogP contribution is 2.28. The summed E-state index contributed by atoms with van der Waals surface area (Å²) in [6.07, 6.45) is 1.73. The van der Waals surface area contributed by atoms with Gasteiger partial charge in [0.25, 0.3) is 5.91 Å². The van der Waals surface area contributed by atoms with E-state index in [0.717, 1.165) is 37.4 Å². The molecule has 2 fully saturated rings. The lowest BCUT2D eigenvalue weighted by molar-refractivity contribution is 0.0780. The second kappa shape index (κ2) is 4.58. The zero-order valence-corrected chi connectivity index (χ0v) is 12.8. The number of fused-ring (bicyclic) bond motifs is 1. The summed E-state index contributed by atoms with van der Waals surface area (Å²) in [5, 5.41) is 7.81. The minimum absolute atomic E-state index is 0.0892. The molecule has 110 valence electrons. The van der Waals surface area contributed by atoms with Gasteiger partial charge in [-0.15, -0.1) is 0 Å². The van der Waals surface area contributed by atoms with Crippen LogP contribution in [0.25, 0.3) is 0 Å². The summed E-state index contributed by atoms with van der Waals surface area (Å²) in [4.78, 5) is 14.7. The van der Waals surface area contributed by atoms with Crippen LogP contribution in [0.15, 0.2) is 6.20 Å². The largest absolute Gasteiger partial charge is 0.338 e. The molecule has 0 aromatic carbocycles. The molecule has 2 saturated heterocycles. The van der Waals surface area contributed by atoms with Crippen molar-refractivity contribution in [2.45, 2.75) is 33.2 Å². The molecule has 5 nitrogen and oxygen atoms in total. The number of nitrogens with zero attached hydrogens (tertiary/aromatic N) is 3. The third-order valence-electron chi connectivity index (χ3n) is 4.55. The number of nitrogens with one attached hydrogen (secondary N) is 1. The van der Waals surface area contributed by atoms with E-state index in [1.807, 2.05) is 16.5 Å². The van der Waals surface area contributed by atoms with Crippen LogP contribution < -0.4 is 5.32 Å². The molecule has 1 N–H and O–H groups in total. The van der Waals surface area contributed by atoms with Crippen molar-refractivity contribution in [2.75, 3.05) is 26.2 Å². The van der Waals surface area contributed by atoms with Crippen molar-refractivity contribution < 1.29 is 4.79 Å². The second-order valence-electron chi connectivity index (χ2n) is 7.11. The summed E-state index contributed by atoms with van der Waals surface area (Å²) in [5.41, 5.74) is 1.64. The van der Waals surface area contributed by atoms with Crippen LogP contribution >= 0.6 is 0 Å². The third-order valence-corrected chi connectivity index (χ3v) is 4.55. The van der Waals surface area contributed by atoms with Crippen molar-refractivity contribution in [3.05, 3.63) is 17.5 Å². The van der Waals surface area contributed by atoms with E-state index in [2.05, 4.69) is 31.2 Å². The first-order chi connectivity index (χ1) is 9.38. The van der Waals surface area contributed by atoms with Gasteiger partial charge in [0.1, 0.15) is 0 Å². The summed E-state index contributed by atoms with van der Waals surface area (Å²) in [6, 6.07) is 0. The maximum absolute atomic E-state index is 12.7. The lowest BCUT2D eigenvalue weighted by atomic mass is 10.0. The summed E-state index contributed by atoms with van der Waals surface area (Å²) < 4.78 is 1.94. The van der Waals surface area contributed by atoms with E-state index in [1.165, 1.54) is 0 Å². The molecule has 0 radical (unpaired) electrons. The van der Waals surface area contributed by atoms with Gasteiger partial charge in [0, 0.05) is 31.9 Å². The van der Waals surface area contributed by atoms with Crippen molar-refractivity contribution in [1.82, 2.24) is 20.0 Å². The fraction of sp³-hybridized carbons (Fsp3) is 0.733. The van der Waals surface area contributed by atoms with Crippen molar-refractivity contribution in [1.29, 1.82) is 0 Å². The van der Waals surface area contributed by atoms with Gasteiger partial charge in [-0.2, -0.15) is 5.10 Å². The van der Waals surface area contributed by atoms with Crippen LogP contribution in [0.1, 0.15) is 36.8 Å². The molecule has 0 aliphatic carbocycles. The highest BCUT2D eigenvalue weighted by molar-refractivity contribution is 5.95. The Labute approximate surface area is 120 Å². The molecule has 0 spiro atoms. The van der Waals surface area contributed by atoms with Crippen LogP contribution in [0.5, 0.6) is 0 Å². The molecule has 20 heavy (non-hydrogen) atoms. The topological polar surface area (TPSA) is 50.2 Å². The number of amides is 1. The summed E-state index contributed by atoms with van der Waals surface area (Å²) >= 11 is 0. The number of carbonyl (C=O) groups excluding carboxylic acids is 1. The Bertz CT molecular complexity index is 516. The third kappa shape index (κ3) is 2.14. The number of likely N-dealkylation sites (tertiary alicyclic amines) is 1. The van der Waals surface area contributed by atoms with Gasteiger partial charge >= 0.3 is 0 Å². The monoisotopic (exact) mass is 276 g/mol. The van der Waals surface area contributed by atoms with Crippen LogP contribution in [0.3, 0.4) is 0 Å². The lowest BCUT2D eigenvalue weighted by Gasteiger charge is -2.22. The number of aromatic nitrogens is 2. The van der Waals surface area contributed by atoms with E-state index in [1.54, 1.807) is 6.20 Å². The molecule has 2 aliphatic heterocycles. The summed E-state index contributed by atoms with van der Waals surface area (Å²) in [6.45, 7) is 12.2. The molecule has 0 unspecified atom stereocenters. The second-order valence-corrected chi connectivity index (χ2v) is 7.11. The minimum Gasteiger partial charge on any atom is -0.338 e. The average Bonchev–Trinajstić information content (AvgIpc) is 2.98. The van der Waals surface area contributed by atoms with E-state index < -0.39 is 0 Å². The van der Waals surface area contributed by atoms with Gasteiger partial charge < -0.3 is 10.2 Å². The Morgan fingerprint density at radius 1 is 1.30 bits per heavy atom. The minimum atomic E-state index is -0.0892. The zero-order valence-electron chi connectivity index (χ0n) is 12.8. The standard InChI is InChI=1S/C15H24N4O/c1-10-13(7-17-19(10)15(2,3)4)14(20)18-8-11-5-16-6-12(11)9-18/h7,11-12,16H,5-6,8-9H2,1-4H3/t11-,12+. The molecule has 1 aromatic heterocycles. The molecule has 3 heterocycles. The lowest BCUT2D eigenvalue weighted by Crippen LogP contribution is -2.32. The van der Waals surface area contributed by atoms with Gasteiger partial charge in [0.2, 0.25) is 0 Å². The molecule has 3 rings (SSSR count). The quantitative estimate of drug-likeness (QED) is 0.839. The number of hydrogen-bond acceptors (Lipinski definition) is 3. The molecular formula is C15H24N4O. The first kappa shape index (κ1) is 13.6. The smallest absolute Gasteiger partial charge is 0.257 e. The fourth-order valence-corrected chi connectivity index (χ4v) is 3.49. The van der Waals surface area contributed by atoms with Crippen LogP contribution in [0.4, 0.5) is 0 Å². The van der Waals surface area contributed by atoms with E-state index in [4.69, 9.17) is 0 Å². The van der Waals surface area contributed by atoms with Gasteiger partial charge in [0.05, 0.1) is 17.3 Å². The van der Waals surface area contributed by atoms with E-state index in [9.17, 15) is 4.79 Å².